The van der Waals surface area contributed by atoms with Crippen LogP contribution < -0.4 is 0 Å². The number of methoxy groups -OCH3 is 1. The summed E-state index contributed by atoms with van der Waals surface area (Å²) in [6.45, 7) is 13.9. The van der Waals surface area contributed by atoms with Gasteiger partial charge in [0.15, 0.2) is 0 Å². The molecular formula is C31H50O5. The topological polar surface area (TPSA) is 87.0 Å². The van der Waals surface area contributed by atoms with Gasteiger partial charge in [-0.2, -0.15) is 0 Å². The second kappa shape index (κ2) is 8.05. The molecule has 0 spiro atoms. The lowest BCUT2D eigenvalue weighted by molar-refractivity contribution is -0.217. The van der Waals surface area contributed by atoms with Gasteiger partial charge in [0.25, 0.3) is 0 Å². The second-order valence-electron chi connectivity index (χ2n) is 15.1. The summed E-state index contributed by atoms with van der Waals surface area (Å²) in [5.41, 5.74) is 0.457. The monoisotopic (exact) mass is 502 g/mol. The van der Waals surface area contributed by atoms with Crippen LogP contribution in [0, 0.1) is 50.2 Å². The van der Waals surface area contributed by atoms with E-state index in [-0.39, 0.29) is 40.2 Å². The van der Waals surface area contributed by atoms with Gasteiger partial charge in [0, 0.05) is 5.41 Å². The summed E-state index contributed by atoms with van der Waals surface area (Å²) >= 11 is 0. The Bertz CT molecular complexity index is 961. The lowest BCUT2D eigenvalue weighted by Crippen LogP contribution is -2.66. The first-order chi connectivity index (χ1) is 16.7. The van der Waals surface area contributed by atoms with Crippen LogP contribution in [0.2, 0.25) is 0 Å². The van der Waals surface area contributed by atoms with E-state index in [1.54, 1.807) is 0 Å². The van der Waals surface area contributed by atoms with Gasteiger partial charge in [-0.15, -0.1) is 0 Å². The maximum atomic E-state index is 12.9. The quantitative estimate of drug-likeness (QED) is 0.354. The van der Waals surface area contributed by atoms with Crippen LogP contribution in [-0.4, -0.2) is 47.2 Å². The number of allylic oxidation sites excluding steroid dienone is 2. The number of rotatable bonds is 2. The third-order valence-corrected chi connectivity index (χ3v) is 13.7. The predicted molar refractivity (Wildman–Crippen MR) is 140 cm³/mol. The van der Waals surface area contributed by atoms with Crippen LogP contribution in [-0.2, 0) is 9.53 Å². The van der Waals surface area contributed by atoms with Gasteiger partial charge >= 0.3 is 5.97 Å². The maximum absolute atomic E-state index is 12.9. The summed E-state index contributed by atoms with van der Waals surface area (Å²) in [4.78, 5) is 12.9. The highest BCUT2D eigenvalue weighted by atomic mass is 16.5. The van der Waals surface area contributed by atoms with Crippen LogP contribution in [0.15, 0.2) is 11.6 Å². The molecule has 0 bridgehead atoms. The van der Waals surface area contributed by atoms with Crippen molar-refractivity contribution in [3.05, 3.63) is 11.6 Å². The molecule has 0 heterocycles. The van der Waals surface area contributed by atoms with E-state index >= 15 is 0 Å². The largest absolute Gasteiger partial charge is 0.469 e. The number of fused-ring (bicyclic) bond motifs is 7. The van der Waals surface area contributed by atoms with Crippen molar-refractivity contribution in [1.29, 1.82) is 0 Å². The fourth-order valence-electron chi connectivity index (χ4n) is 10.9. The van der Waals surface area contributed by atoms with Crippen molar-refractivity contribution in [2.75, 3.05) is 13.7 Å². The molecular weight excluding hydrogens is 452 g/mol. The van der Waals surface area contributed by atoms with Gasteiger partial charge in [-0.3, -0.25) is 4.79 Å². The van der Waals surface area contributed by atoms with Crippen molar-refractivity contribution < 1.29 is 24.9 Å². The van der Waals surface area contributed by atoms with Crippen molar-refractivity contribution >= 4 is 5.97 Å². The van der Waals surface area contributed by atoms with Crippen LogP contribution in [0.4, 0.5) is 0 Å². The zero-order valence-electron chi connectivity index (χ0n) is 23.7. The molecule has 0 aliphatic heterocycles. The molecule has 0 aromatic heterocycles. The Labute approximate surface area is 218 Å². The van der Waals surface area contributed by atoms with E-state index in [0.29, 0.717) is 24.7 Å². The van der Waals surface area contributed by atoms with Gasteiger partial charge < -0.3 is 20.1 Å². The smallest absolute Gasteiger partial charge is 0.314 e. The van der Waals surface area contributed by atoms with E-state index in [4.69, 9.17) is 4.74 Å². The van der Waals surface area contributed by atoms with Gasteiger partial charge in [0.1, 0.15) is 0 Å². The molecule has 36 heavy (non-hydrogen) atoms. The predicted octanol–water partition coefficient (Wildman–Crippen LogP) is 5.27. The zero-order chi connectivity index (χ0) is 26.5. The summed E-state index contributed by atoms with van der Waals surface area (Å²) < 4.78 is 5.19. The summed E-state index contributed by atoms with van der Waals surface area (Å²) in [5, 5.41) is 32.5. The molecule has 4 saturated carbocycles. The molecule has 5 aliphatic carbocycles. The number of aliphatic hydroxyl groups excluding tert-OH is 3. The summed E-state index contributed by atoms with van der Waals surface area (Å²) in [5.74, 6) is 0.794. The highest BCUT2D eigenvalue weighted by Gasteiger charge is 2.69. The minimum Gasteiger partial charge on any atom is -0.469 e. The molecule has 0 saturated heterocycles. The molecule has 0 amide bonds. The molecule has 5 aliphatic rings. The van der Waals surface area contributed by atoms with Gasteiger partial charge in [0.05, 0.1) is 31.3 Å². The normalized spacial score (nSPS) is 56.4. The highest BCUT2D eigenvalue weighted by molar-refractivity contribution is 5.77. The second-order valence-corrected chi connectivity index (χ2v) is 15.1. The number of hydrogen-bond acceptors (Lipinski definition) is 5. The first-order valence-corrected chi connectivity index (χ1v) is 14.4. The molecule has 11 unspecified atom stereocenters. The lowest BCUT2D eigenvalue weighted by atomic mass is 9.33. The zero-order valence-corrected chi connectivity index (χ0v) is 23.7. The van der Waals surface area contributed by atoms with E-state index in [9.17, 15) is 20.1 Å². The van der Waals surface area contributed by atoms with Gasteiger partial charge in [-0.1, -0.05) is 46.3 Å². The van der Waals surface area contributed by atoms with E-state index in [1.807, 2.05) is 6.92 Å². The first-order valence-electron chi connectivity index (χ1n) is 14.4. The number of carbonyl (C=O) groups is 1. The molecule has 5 nitrogen and oxygen atoms in total. The number of hydrogen-bond donors (Lipinski definition) is 3. The van der Waals surface area contributed by atoms with Crippen LogP contribution in [0.5, 0.6) is 0 Å². The Morgan fingerprint density at radius 1 is 0.944 bits per heavy atom. The Hall–Kier alpha value is -0.910. The summed E-state index contributed by atoms with van der Waals surface area (Å²) in [7, 11) is 1.44. The van der Waals surface area contributed by atoms with Crippen molar-refractivity contribution in [3.8, 4) is 0 Å². The molecule has 4 fully saturated rings. The van der Waals surface area contributed by atoms with Crippen LogP contribution >= 0.6 is 0 Å². The third kappa shape index (κ3) is 3.09. The first kappa shape index (κ1) is 26.7. The van der Waals surface area contributed by atoms with Crippen molar-refractivity contribution in [3.63, 3.8) is 0 Å². The summed E-state index contributed by atoms with van der Waals surface area (Å²) in [6, 6.07) is 0. The molecule has 0 aromatic carbocycles. The molecule has 204 valence electrons. The van der Waals surface area contributed by atoms with E-state index < -0.39 is 23.0 Å². The SMILES string of the molecule is COC(=O)C1(C)CC2C3=CCC4C5(C)CCC(O)C(C)(CO)C5CCC4(C)C3(C)CCC2(C)CC1O. The van der Waals surface area contributed by atoms with Crippen molar-refractivity contribution in [2.24, 2.45) is 50.2 Å². The van der Waals surface area contributed by atoms with Gasteiger partial charge in [-0.25, -0.2) is 0 Å². The summed E-state index contributed by atoms with van der Waals surface area (Å²) in [6.07, 6.45) is 9.84. The number of aliphatic hydroxyl groups is 3. The van der Waals surface area contributed by atoms with Crippen LogP contribution in [0.1, 0.15) is 99.3 Å². The molecule has 3 N–H and O–H groups in total. The minimum atomic E-state index is -0.873. The van der Waals surface area contributed by atoms with Gasteiger partial charge in [-0.05, 0) is 104 Å². The average Bonchev–Trinajstić information content (AvgIpc) is 2.83. The molecule has 11 atom stereocenters. The minimum absolute atomic E-state index is 0.00694. The Kier molecular flexibility index (Phi) is 5.97. The van der Waals surface area contributed by atoms with Crippen LogP contribution in [0.3, 0.4) is 0 Å². The maximum Gasteiger partial charge on any atom is 0.314 e. The highest BCUT2D eigenvalue weighted by Crippen LogP contribution is 2.75. The average molecular weight is 503 g/mol. The van der Waals surface area contributed by atoms with Crippen molar-refractivity contribution in [1.82, 2.24) is 0 Å². The Morgan fingerprint density at radius 3 is 2.28 bits per heavy atom. The lowest BCUT2D eigenvalue weighted by Gasteiger charge is -2.71. The van der Waals surface area contributed by atoms with E-state index in [1.165, 1.54) is 12.7 Å². The van der Waals surface area contributed by atoms with Gasteiger partial charge in [0.2, 0.25) is 0 Å². The number of ether oxygens (including phenoxy) is 1. The Balaban J connectivity index is 1.57. The standard InChI is InChI=1S/C31H50O5/c1-26-14-15-30(5)19(20(26)16-28(3,24(34)17-26)25(35)36-7)8-9-22-27(2)12-11-23(33)29(4,18-32)21(27)10-13-31(22,30)6/h8,20-24,32-34H,9-18H2,1-7H3. The van der Waals surface area contributed by atoms with Crippen LogP contribution in [0.25, 0.3) is 0 Å². The third-order valence-electron chi connectivity index (χ3n) is 13.7. The Morgan fingerprint density at radius 2 is 1.64 bits per heavy atom. The van der Waals surface area contributed by atoms with E-state index in [0.717, 1.165) is 44.9 Å². The molecule has 0 radical (unpaired) electrons. The van der Waals surface area contributed by atoms with Crippen molar-refractivity contribution in [2.45, 2.75) is 112 Å². The van der Waals surface area contributed by atoms with E-state index in [2.05, 4.69) is 40.7 Å². The fourth-order valence-corrected chi connectivity index (χ4v) is 10.9. The molecule has 5 heteroatoms. The fraction of sp³-hybridized carbons (Fsp3) is 0.903. The molecule has 0 aromatic rings. The number of carbonyl (C=O) groups excluding carboxylic acids is 1. The number of esters is 1. The molecule has 5 rings (SSSR count).